The molecule has 0 saturated carbocycles. The summed E-state index contributed by atoms with van der Waals surface area (Å²) >= 11 is 5.99. The van der Waals surface area contributed by atoms with Gasteiger partial charge in [0.1, 0.15) is 0 Å². The molecule has 1 atom stereocenters. The number of hydrogen-bond acceptors (Lipinski definition) is 3. The van der Waals surface area contributed by atoms with Gasteiger partial charge in [0.2, 0.25) is 0 Å². The number of aromatic amines is 1. The average molecular weight is 295 g/mol. The van der Waals surface area contributed by atoms with Crippen LogP contribution in [0.5, 0.6) is 0 Å². The molecule has 1 aromatic heterocycles. The number of H-pyrrole nitrogens is 1. The van der Waals surface area contributed by atoms with Gasteiger partial charge >= 0.3 is 17.1 Å². The van der Waals surface area contributed by atoms with Crippen LogP contribution in [0.15, 0.2) is 21.7 Å². The van der Waals surface area contributed by atoms with Crippen LogP contribution in [0.3, 0.4) is 0 Å². The lowest BCUT2D eigenvalue weighted by Gasteiger charge is -2.26. The maximum atomic E-state index is 12.1. The van der Waals surface area contributed by atoms with E-state index in [1.807, 2.05) is 0 Å². The largest absolute Gasteiger partial charge is 0.481 e. The van der Waals surface area contributed by atoms with Crippen molar-refractivity contribution >= 4 is 28.6 Å². The molecule has 3 rings (SSSR count). The highest BCUT2D eigenvalue weighted by molar-refractivity contribution is 6.31. The smallest absolute Gasteiger partial charge is 0.317 e. The Balaban J connectivity index is 2.39. The van der Waals surface area contributed by atoms with Gasteiger partial charge in [-0.3, -0.25) is 19.0 Å². The summed E-state index contributed by atoms with van der Waals surface area (Å²) in [6.45, 7) is 0. The standard InChI is InChI=1S/C13H11ClN2O4/c14-7-3-6-1-2-8(5-10(17)18)16-11(6)9(4-7)15-12(19)13(16)20/h3-4,8H,1-2,5H2,(H,15,19)(H,17,18). The highest BCUT2D eigenvalue weighted by Crippen LogP contribution is 2.31. The number of aliphatic carboxylic acids is 1. The van der Waals surface area contributed by atoms with Gasteiger partial charge in [0.15, 0.2) is 0 Å². The van der Waals surface area contributed by atoms with Gasteiger partial charge in [-0.2, -0.15) is 0 Å². The Bertz CT molecular complexity index is 837. The summed E-state index contributed by atoms with van der Waals surface area (Å²) in [6, 6.07) is 2.81. The molecular weight excluding hydrogens is 284 g/mol. The number of benzene rings is 1. The number of aromatic nitrogens is 2. The van der Waals surface area contributed by atoms with Crippen molar-refractivity contribution in [3.63, 3.8) is 0 Å². The zero-order chi connectivity index (χ0) is 14.4. The SMILES string of the molecule is O=C(O)CC1CCc2cc(Cl)cc3[nH]c(=O)c(=O)n1c23. The van der Waals surface area contributed by atoms with Crippen molar-refractivity contribution in [2.24, 2.45) is 0 Å². The third-order valence-corrected chi connectivity index (χ3v) is 3.80. The van der Waals surface area contributed by atoms with Crippen LogP contribution in [-0.2, 0) is 11.2 Å². The van der Waals surface area contributed by atoms with Gasteiger partial charge in [0.05, 0.1) is 17.5 Å². The van der Waals surface area contributed by atoms with Crippen LogP contribution in [0, 0.1) is 0 Å². The van der Waals surface area contributed by atoms with Gasteiger partial charge in [0, 0.05) is 11.1 Å². The van der Waals surface area contributed by atoms with Gasteiger partial charge < -0.3 is 10.1 Å². The Morgan fingerprint density at radius 3 is 2.90 bits per heavy atom. The summed E-state index contributed by atoms with van der Waals surface area (Å²) in [5, 5.41) is 9.43. The van der Waals surface area contributed by atoms with Gasteiger partial charge in [-0.25, -0.2) is 0 Å². The van der Waals surface area contributed by atoms with E-state index < -0.39 is 23.1 Å². The van der Waals surface area contributed by atoms with Crippen LogP contribution >= 0.6 is 11.6 Å². The molecule has 6 nitrogen and oxygen atoms in total. The molecule has 0 aliphatic carbocycles. The molecule has 1 aliphatic rings. The Morgan fingerprint density at radius 1 is 1.45 bits per heavy atom. The van der Waals surface area contributed by atoms with E-state index in [0.717, 1.165) is 5.56 Å². The van der Waals surface area contributed by atoms with Crippen LogP contribution in [0.2, 0.25) is 5.02 Å². The van der Waals surface area contributed by atoms with Crippen molar-refractivity contribution in [1.29, 1.82) is 0 Å². The number of hydrogen-bond donors (Lipinski definition) is 2. The number of carbonyl (C=O) groups is 1. The van der Waals surface area contributed by atoms with Crippen molar-refractivity contribution in [2.45, 2.75) is 25.3 Å². The highest BCUT2D eigenvalue weighted by atomic mass is 35.5. The molecule has 7 heteroatoms. The number of nitrogens with one attached hydrogen (secondary N) is 1. The van der Waals surface area contributed by atoms with Crippen molar-refractivity contribution in [2.75, 3.05) is 0 Å². The predicted molar refractivity (Wildman–Crippen MR) is 73.4 cm³/mol. The summed E-state index contributed by atoms with van der Waals surface area (Å²) in [7, 11) is 0. The summed E-state index contributed by atoms with van der Waals surface area (Å²) in [4.78, 5) is 37.2. The second-order valence-corrected chi connectivity index (χ2v) is 5.32. The Morgan fingerprint density at radius 2 is 2.20 bits per heavy atom. The fourth-order valence-electron chi connectivity index (χ4n) is 2.81. The first-order valence-electron chi connectivity index (χ1n) is 6.16. The van der Waals surface area contributed by atoms with Crippen LogP contribution in [-0.4, -0.2) is 20.6 Å². The number of aryl methyl sites for hydroxylation is 1. The molecule has 0 fully saturated rings. The number of nitrogens with zero attached hydrogens (tertiary/aromatic N) is 1. The molecule has 1 unspecified atom stereocenters. The zero-order valence-electron chi connectivity index (χ0n) is 10.4. The molecule has 1 aromatic carbocycles. The maximum Gasteiger partial charge on any atom is 0.317 e. The second kappa shape index (κ2) is 4.49. The second-order valence-electron chi connectivity index (χ2n) is 4.88. The summed E-state index contributed by atoms with van der Waals surface area (Å²) in [5.74, 6) is -0.993. The van der Waals surface area contributed by atoms with E-state index in [1.54, 1.807) is 12.1 Å². The molecule has 20 heavy (non-hydrogen) atoms. The van der Waals surface area contributed by atoms with Crippen molar-refractivity contribution in [1.82, 2.24) is 9.55 Å². The van der Waals surface area contributed by atoms with E-state index in [0.29, 0.717) is 28.9 Å². The van der Waals surface area contributed by atoms with Crippen molar-refractivity contribution < 1.29 is 9.90 Å². The summed E-state index contributed by atoms with van der Waals surface area (Å²) in [5.41, 5.74) is 0.418. The van der Waals surface area contributed by atoms with Gasteiger partial charge in [-0.05, 0) is 30.5 Å². The molecule has 0 radical (unpaired) electrons. The fourth-order valence-corrected chi connectivity index (χ4v) is 3.05. The van der Waals surface area contributed by atoms with Gasteiger partial charge in [0.25, 0.3) is 0 Å². The predicted octanol–water partition coefficient (Wildman–Crippen LogP) is 1.31. The van der Waals surface area contributed by atoms with E-state index in [4.69, 9.17) is 16.7 Å². The van der Waals surface area contributed by atoms with Gasteiger partial charge in [-0.1, -0.05) is 11.6 Å². The fraction of sp³-hybridized carbons (Fsp3) is 0.308. The summed E-state index contributed by atoms with van der Waals surface area (Å²) < 4.78 is 1.30. The third-order valence-electron chi connectivity index (χ3n) is 3.58. The Labute approximate surface area is 117 Å². The minimum absolute atomic E-state index is 0.180. The molecule has 0 saturated heterocycles. The van der Waals surface area contributed by atoms with Crippen LogP contribution in [0.1, 0.15) is 24.4 Å². The number of carboxylic acid groups (broad SMARTS) is 1. The number of rotatable bonds is 2. The van der Waals surface area contributed by atoms with E-state index in [2.05, 4.69) is 4.98 Å². The monoisotopic (exact) mass is 294 g/mol. The van der Waals surface area contributed by atoms with Gasteiger partial charge in [-0.15, -0.1) is 0 Å². The lowest BCUT2D eigenvalue weighted by Crippen LogP contribution is -2.40. The topological polar surface area (TPSA) is 92.2 Å². The van der Waals surface area contributed by atoms with Crippen LogP contribution in [0.4, 0.5) is 0 Å². The average Bonchev–Trinajstić information content (AvgIpc) is 2.36. The van der Waals surface area contributed by atoms with E-state index >= 15 is 0 Å². The zero-order valence-corrected chi connectivity index (χ0v) is 11.1. The molecule has 1 aliphatic heterocycles. The van der Waals surface area contributed by atoms with E-state index in [1.165, 1.54) is 4.57 Å². The van der Waals surface area contributed by atoms with Crippen LogP contribution < -0.4 is 11.1 Å². The Hall–Kier alpha value is -2.08. The first-order chi connectivity index (χ1) is 9.47. The Kier molecular flexibility index (Phi) is 2.90. The van der Waals surface area contributed by atoms with Crippen molar-refractivity contribution in [3.05, 3.63) is 43.4 Å². The molecule has 2 heterocycles. The van der Waals surface area contributed by atoms with Crippen LogP contribution in [0.25, 0.3) is 11.0 Å². The molecule has 0 spiro atoms. The number of carboxylic acids is 1. The van der Waals surface area contributed by atoms with E-state index in [-0.39, 0.29) is 6.42 Å². The molecule has 0 bridgehead atoms. The lowest BCUT2D eigenvalue weighted by molar-refractivity contribution is -0.138. The molecule has 104 valence electrons. The first-order valence-corrected chi connectivity index (χ1v) is 6.54. The molecule has 2 aromatic rings. The van der Waals surface area contributed by atoms with E-state index in [9.17, 15) is 14.4 Å². The minimum atomic E-state index is -0.993. The quantitative estimate of drug-likeness (QED) is 0.817. The first kappa shape index (κ1) is 12.9. The normalized spacial score (nSPS) is 17.4. The highest BCUT2D eigenvalue weighted by Gasteiger charge is 2.26. The minimum Gasteiger partial charge on any atom is -0.481 e. The summed E-state index contributed by atoms with van der Waals surface area (Å²) in [6.07, 6.45) is 0.944. The molecule has 2 N–H and O–H groups in total. The third kappa shape index (κ3) is 1.92. The number of halogens is 1. The lowest BCUT2D eigenvalue weighted by atomic mass is 9.96. The molecule has 0 amide bonds. The maximum absolute atomic E-state index is 12.1. The molecular formula is C13H11ClN2O4. The van der Waals surface area contributed by atoms with Crippen molar-refractivity contribution in [3.8, 4) is 0 Å².